The average Bonchev–Trinajstić information content (AvgIpc) is 2.45. The van der Waals surface area contributed by atoms with Crippen molar-refractivity contribution in [3.05, 3.63) is 54.1 Å². The largest absolute Gasteiger partial charge is 0.481 e. The number of rotatable bonds is 5. The van der Waals surface area contributed by atoms with Gasteiger partial charge in [0.1, 0.15) is 5.82 Å². The third-order valence-electron chi connectivity index (χ3n) is 2.70. The summed E-state index contributed by atoms with van der Waals surface area (Å²) in [5.41, 5.74) is 0.185. The Hall–Kier alpha value is -2.52. The standard InChI is InChI=1S/C14H12F2N2O4S/c15-9-4-5-13(12(16)6-9)22-8-14(19)18-10-2-1-3-11(7-10)23(17,20)21/h1-7H,8H2,(H,18,19)(H2,17,20,21). The van der Waals surface area contributed by atoms with E-state index in [4.69, 9.17) is 9.88 Å². The van der Waals surface area contributed by atoms with Crippen LogP contribution in [0.15, 0.2) is 47.4 Å². The van der Waals surface area contributed by atoms with Gasteiger partial charge in [-0.2, -0.15) is 0 Å². The predicted molar refractivity (Wildman–Crippen MR) is 78.3 cm³/mol. The van der Waals surface area contributed by atoms with Crippen molar-refractivity contribution >= 4 is 21.6 Å². The molecule has 23 heavy (non-hydrogen) atoms. The van der Waals surface area contributed by atoms with Gasteiger partial charge >= 0.3 is 0 Å². The highest BCUT2D eigenvalue weighted by Crippen LogP contribution is 2.18. The molecule has 0 spiro atoms. The zero-order chi connectivity index (χ0) is 17.0. The van der Waals surface area contributed by atoms with Crippen LogP contribution >= 0.6 is 0 Å². The zero-order valence-corrected chi connectivity index (χ0v) is 12.4. The van der Waals surface area contributed by atoms with Crippen molar-refractivity contribution in [1.29, 1.82) is 0 Å². The second-order valence-corrected chi connectivity index (χ2v) is 6.05. The fraction of sp³-hybridized carbons (Fsp3) is 0.0714. The minimum atomic E-state index is -3.89. The first-order valence-corrected chi connectivity index (χ1v) is 7.81. The molecule has 3 N–H and O–H groups in total. The number of anilines is 1. The summed E-state index contributed by atoms with van der Waals surface area (Å²) < 4.78 is 53.4. The molecule has 2 aromatic rings. The molecule has 0 unspecified atom stereocenters. The van der Waals surface area contributed by atoms with E-state index >= 15 is 0 Å². The van der Waals surface area contributed by atoms with E-state index in [0.29, 0.717) is 6.07 Å². The fourth-order valence-electron chi connectivity index (χ4n) is 1.68. The lowest BCUT2D eigenvalue weighted by Crippen LogP contribution is -2.21. The van der Waals surface area contributed by atoms with Crippen molar-refractivity contribution in [2.45, 2.75) is 4.90 Å². The van der Waals surface area contributed by atoms with Gasteiger partial charge in [-0.25, -0.2) is 22.3 Å². The van der Waals surface area contributed by atoms with Crippen molar-refractivity contribution in [1.82, 2.24) is 0 Å². The summed E-state index contributed by atoms with van der Waals surface area (Å²) in [6.07, 6.45) is 0. The second kappa shape index (κ2) is 6.71. The number of benzene rings is 2. The smallest absolute Gasteiger partial charge is 0.262 e. The maximum atomic E-state index is 13.3. The Morgan fingerprint density at radius 3 is 2.57 bits per heavy atom. The third-order valence-corrected chi connectivity index (χ3v) is 3.61. The van der Waals surface area contributed by atoms with Crippen molar-refractivity contribution in [2.24, 2.45) is 5.14 Å². The first-order chi connectivity index (χ1) is 10.8. The highest BCUT2D eigenvalue weighted by Gasteiger charge is 2.11. The highest BCUT2D eigenvalue weighted by atomic mass is 32.2. The first-order valence-electron chi connectivity index (χ1n) is 6.26. The van der Waals surface area contributed by atoms with Gasteiger partial charge in [0.25, 0.3) is 5.91 Å². The molecule has 0 aromatic heterocycles. The molecule has 0 heterocycles. The molecule has 0 bridgehead atoms. The van der Waals surface area contributed by atoms with Gasteiger partial charge in [-0.3, -0.25) is 4.79 Å². The lowest BCUT2D eigenvalue weighted by atomic mass is 10.3. The third kappa shape index (κ3) is 4.73. The number of nitrogens with two attached hydrogens (primary N) is 1. The molecular weight excluding hydrogens is 330 g/mol. The van der Waals surface area contributed by atoms with Crippen LogP contribution in [0.4, 0.5) is 14.5 Å². The molecule has 2 rings (SSSR count). The summed E-state index contributed by atoms with van der Waals surface area (Å²) >= 11 is 0. The molecule has 122 valence electrons. The molecule has 0 saturated carbocycles. The number of nitrogens with one attached hydrogen (secondary N) is 1. The molecule has 0 radical (unpaired) electrons. The Balaban J connectivity index is 2.00. The zero-order valence-electron chi connectivity index (χ0n) is 11.6. The Bertz CT molecular complexity index is 840. The quantitative estimate of drug-likeness (QED) is 0.863. The Morgan fingerprint density at radius 1 is 1.17 bits per heavy atom. The molecule has 6 nitrogen and oxygen atoms in total. The Labute approximate surface area is 130 Å². The van der Waals surface area contributed by atoms with E-state index in [1.165, 1.54) is 24.3 Å². The highest BCUT2D eigenvalue weighted by molar-refractivity contribution is 7.89. The van der Waals surface area contributed by atoms with E-state index < -0.39 is 34.2 Å². The van der Waals surface area contributed by atoms with Gasteiger partial charge in [0.05, 0.1) is 4.90 Å². The number of hydrogen-bond donors (Lipinski definition) is 2. The lowest BCUT2D eigenvalue weighted by molar-refractivity contribution is -0.118. The van der Waals surface area contributed by atoms with Gasteiger partial charge in [0.15, 0.2) is 18.2 Å². The molecular formula is C14H12F2N2O4S. The van der Waals surface area contributed by atoms with Gasteiger partial charge in [0.2, 0.25) is 10.0 Å². The molecule has 9 heteroatoms. The number of carbonyl (C=O) groups is 1. The van der Waals surface area contributed by atoms with Crippen LogP contribution in [-0.4, -0.2) is 20.9 Å². The van der Waals surface area contributed by atoms with E-state index in [-0.39, 0.29) is 16.3 Å². The SMILES string of the molecule is NS(=O)(=O)c1cccc(NC(=O)COc2ccc(F)cc2F)c1. The van der Waals surface area contributed by atoms with E-state index in [9.17, 15) is 22.0 Å². The van der Waals surface area contributed by atoms with Crippen molar-refractivity contribution in [3.63, 3.8) is 0 Å². The van der Waals surface area contributed by atoms with Gasteiger partial charge in [-0.1, -0.05) is 6.07 Å². The monoisotopic (exact) mass is 342 g/mol. The maximum Gasteiger partial charge on any atom is 0.262 e. The van der Waals surface area contributed by atoms with Gasteiger partial charge in [0, 0.05) is 11.8 Å². The van der Waals surface area contributed by atoms with E-state index in [2.05, 4.69) is 5.32 Å². The number of carbonyl (C=O) groups excluding carboxylic acids is 1. The maximum absolute atomic E-state index is 13.3. The van der Waals surface area contributed by atoms with Crippen LogP contribution in [0.5, 0.6) is 5.75 Å². The molecule has 0 aliphatic carbocycles. The van der Waals surface area contributed by atoms with Crippen LogP contribution in [0.3, 0.4) is 0 Å². The van der Waals surface area contributed by atoms with Crippen molar-refractivity contribution in [3.8, 4) is 5.75 Å². The molecule has 0 fully saturated rings. The lowest BCUT2D eigenvalue weighted by Gasteiger charge is -2.09. The van der Waals surface area contributed by atoms with Crippen LogP contribution in [0.2, 0.25) is 0 Å². The number of amides is 1. The van der Waals surface area contributed by atoms with Gasteiger partial charge < -0.3 is 10.1 Å². The number of hydrogen-bond acceptors (Lipinski definition) is 4. The molecule has 2 aromatic carbocycles. The first kappa shape index (κ1) is 16.8. The minimum Gasteiger partial charge on any atom is -0.481 e. The van der Waals surface area contributed by atoms with Crippen LogP contribution in [0.1, 0.15) is 0 Å². The summed E-state index contributed by atoms with van der Waals surface area (Å²) in [6.45, 7) is -0.540. The summed E-state index contributed by atoms with van der Waals surface area (Å²) in [7, 11) is -3.89. The summed E-state index contributed by atoms with van der Waals surface area (Å²) in [5.74, 6) is -2.63. The van der Waals surface area contributed by atoms with E-state index in [1.807, 2.05) is 0 Å². The summed E-state index contributed by atoms with van der Waals surface area (Å²) in [6, 6.07) is 7.97. The van der Waals surface area contributed by atoms with Crippen molar-refractivity contribution in [2.75, 3.05) is 11.9 Å². The van der Waals surface area contributed by atoms with Crippen LogP contribution in [0, 0.1) is 11.6 Å². The molecule has 0 aliphatic heterocycles. The molecule has 0 saturated heterocycles. The van der Waals surface area contributed by atoms with Crippen molar-refractivity contribution < 1.29 is 26.7 Å². The van der Waals surface area contributed by atoms with Crippen LogP contribution < -0.4 is 15.2 Å². The van der Waals surface area contributed by atoms with E-state index in [1.54, 1.807) is 0 Å². The van der Waals surface area contributed by atoms with E-state index in [0.717, 1.165) is 12.1 Å². The molecule has 0 aliphatic rings. The predicted octanol–water partition coefficient (Wildman–Crippen LogP) is 1.63. The number of sulfonamides is 1. The topological polar surface area (TPSA) is 98.5 Å². The second-order valence-electron chi connectivity index (χ2n) is 4.48. The normalized spacial score (nSPS) is 11.1. The number of primary sulfonamides is 1. The molecule has 0 atom stereocenters. The summed E-state index contributed by atoms with van der Waals surface area (Å²) in [4.78, 5) is 11.5. The van der Waals surface area contributed by atoms with Crippen LogP contribution in [-0.2, 0) is 14.8 Å². The number of ether oxygens (including phenoxy) is 1. The Morgan fingerprint density at radius 2 is 1.91 bits per heavy atom. The Kier molecular flexibility index (Phi) is 4.92. The summed E-state index contributed by atoms with van der Waals surface area (Å²) in [5, 5.41) is 7.36. The van der Waals surface area contributed by atoms with Gasteiger partial charge in [-0.05, 0) is 30.3 Å². The van der Waals surface area contributed by atoms with Gasteiger partial charge in [-0.15, -0.1) is 0 Å². The fourth-order valence-corrected chi connectivity index (χ4v) is 2.24. The number of halogens is 2. The molecule has 1 amide bonds. The van der Waals surface area contributed by atoms with Crippen LogP contribution in [0.25, 0.3) is 0 Å². The minimum absolute atomic E-state index is 0.166. The average molecular weight is 342 g/mol.